The van der Waals surface area contributed by atoms with Crippen molar-refractivity contribution in [1.82, 2.24) is 20.1 Å². The van der Waals surface area contributed by atoms with Crippen LogP contribution in [-0.2, 0) is 6.18 Å². The second-order valence-electron chi connectivity index (χ2n) is 7.79. The number of pyridine rings is 1. The second kappa shape index (κ2) is 9.05. The lowest BCUT2D eigenvalue weighted by atomic mass is 9.93. The normalized spacial score (nSPS) is 14.8. The van der Waals surface area contributed by atoms with Gasteiger partial charge in [-0.3, -0.25) is 9.78 Å². The van der Waals surface area contributed by atoms with E-state index in [9.17, 15) is 18.0 Å². The summed E-state index contributed by atoms with van der Waals surface area (Å²) in [5, 5.41) is 8.04. The van der Waals surface area contributed by atoms with Crippen molar-refractivity contribution in [2.75, 3.05) is 25.9 Å². The molecule has 33 heavy (non-hydrogen) atoms. The smallest absolute Gasteiger partial charge is 0.433 e. The van der Waals surface area contributed by atoms with E-state index in [0.29, 0.717) is 41.3 Å². The molecule has 3 heterocycles. The number of anilines is 1. The van der Waals surface area contributed by atoms with Crippen LogP contribution in [0.25, 0.3) is 11.1 Å². The quantitative estimate of drug-likeness (QED) is 0.632. The number of carbonyl (C=O) groups excluding carboxylic acids is 1. The number of aromatic nitrogens is 3. The van der Waals surface area contributed by atoms with E-state index >= 15 is 0 Å². The van der Waals surface area contributed by atoms with Crippen LogP contribution < -0.4 is 10.5 Å². The summed E-state index contributed by atoms with van der Waals surface area (Å²) in [6.07, 6.45) is -1.96. The Morgan fingerprint density at radius 3 is 2.48 bits per heavy atom. The molecule has 10 heteroatoms. The molecule has 0 atom stereocenters. The Kier molecular flexibility index (Phi) is 6.17. The van der Waals surface area contributed by atoms with E-state index in [0.717, 1.165) is 30.8 Å². The molecule has 2 N–H and O–H groups in total. The molecule has 0 unspecified atom stereocenters. The summed E-state index contributed by atoms with van der Waals surface area (Å²) in [4.78, 5) is 18.2. The largest absolute Gasteiger partial charge is 0.496 e. The summed E-state index contributed by atoms with van der Waals surface area (Å²) in [6.45, 7) is 1.11. The van der Waals surface area contributed by atoms with E-state index in [4.69, 9.17) is 10.5 Å². The van der Waals surface area contributed by atoms with Gasteiger partial charge in [-0.15, -0.1) is 5.10 Å². The molecule has 1 aromatic carbocycles. The molecule has 2 aromatic heterocycles. The van der Waals surface area contributed by atoms with Gasteiger partial charge in [0.25, 0.3) is 5.91 Å². The maximum Gasteiger partial charge on any atom is 0.433 e. The summed E-state index contributed by atoms with van der Waals surface area (Å²) in [6, 6.07) is 10.8. The molecule has 4 rings (SSSR count). The number of ether oxygens (including phenoxy) is 1. The molecule has 1 saturated heterocycles. The molecule has 0 radical (unpaired) electrons. The number of likely N-dealkylation sites (tertiary alicyclic amines) is 1. The van der Waals surface area contributed by atoms with Gasteiger partial charge in [-0.1, -0.05) is 0 Å². The zero-order chi connectivity index (χ0) is 23.6. The van der Waals surface area contributed by atoms with Gasteiger partial charge in [-0.25, -0.2) is 0 Å². The first kappa shape index (κ1) is 22.5. The van der Waals surface area contributed by atoms with E-state index in [2.05, 4.69) is 15.2 Å². The predicted octanol–water partition coefficient (Wildman–Crippen LogP) is 4.17. The molecule has 1 fully saturated rings. The van der Waals surface area contributed by atoms with Gasteiger partial charge in [-0.05, 0) is 60.9 Å². The van der Waals surface area contributed by atoms with Crippen molar-refractivity contribution < 1.29 is 22.7 Å². The Labute approximate surface area is 188 Å². The number of rotatable bonds is 4. The number of benzene rings is 1. The standard InChI is InChI=1S/C23H22F3N5O2/c1-33-19-12-16(2-3-17(19)15-6-9-28-20(13-15)23(24,25)26)22(32)31-10-7-14(8-11-31)18-4-5-21(27)30-29-18/h2-6,9,12-14H,7-8,10-11H2,1H3,(H2,27,30). The summed E-state index contributed by atoms with van der Waals surface area (Å²) in [5.41, 5.74) is 6.62. The topological polar surface area (TPSA) is 94.2 Å². The molecular formula is C23H22F3N5O2. The number of carbonyl (C=O) groups is 1. The lowest BCUT2D eigenvalue weighted by molar-refractivity contribution is -0.141. The van der Waals surface area contributed by atoms with Crippen LogP contribution in [0.3, 0.4) is 0 Å². The summed E-state index contributed by atoms with van der Waals surface area (Å²) in [5.74, 6) is 0.721. The van der Waals surface area contributed by atoms with Crippen molar-refractivity contribution >= 4 is 11.7 Å². The van der Waals surface area contributed by atoms with E-state index < -0.39 is 11.9 Å². The summed E-state index contributed by atoms with van der Waals surface area (Å²) >= 11 is 0. The number of hydrogen-bond acceptors (Lipinski definition) is 6. The maximum atomic E-state index is 13.1. The molecule has 0 spiro atoms. The van der Waals surface area contributed by atoms with Gasteiger partial charge >= 0.3 is 6.18 Å². The van der Waals surface area contributed by atoms with Crippen LogP contribution in [0.15, 0.2) is 48.7 Å². The number of nitrogens with zero attached hydrogens (tertiary/aromatic N) is 4. The number of hydrogen-bond donors (Lipinski definition) is 1. The lowest BCUT2D eigenvalue weighted by Crippen LogP contribution is -2.38. The average Bonchev–Trinajstić information content (AvgIpc) is 2.83. The fraction of sp³-hybridized carbons (Fsp3) is 0.304. The number of nitrogen functional groups attached to an aromatic ring is 1. The Morgan fingerprint density at radius 2 is 1.85 bits per heavy atom. The third-order valence-corrected chi connectivity index (χ3v) is 5.72. The van der Waals surface area contributed by atoms with Crippen molar-refractivity contribution in [1.29, 1.82) is 0 Å². The summed E-state index contributed by atoms with van der Waals surface area (Å²) in [7, 11) is 1.41. The Balaban J connectivity index is 1.50. The van der Waals surface area contributed by atoms with Gasteiger partial charge in [0.1, 0.15) is 17.3 Å². The molecule has 1 amide bonds. The molecule has 3 aromatic rings. The van der Waals surface area contributed by atoms with Crippen LogP contribution in [0.5, 0.6) is 5.75 Å². The third kappa shape index (κ3) is 4.89. The maximum absolute atomic E-state index is 13.1. The van der Waals surface area contributed by atoms with Crippen LogP contribution in [0.4, 0.5) is 19.0 Å². The fourth-order valence-electron chi connectivity index (χ4n) is 3.95. The number of nitrogens with two attached hydrogens (primary N) is 1. The number of alkyl halides is 3. The molecular weight excluding hydrogens is 435 g/mol. The van der Waals surface area contributed by atoms with Gasteiger partial charge in [0.2, 0.25) is 0 Å². The van der Waals surface area contributed by atoms with Crippen molar-refractivity contribution in [3.63, 3.8) is 0 Å². The zero-order valence-electron chi connectivity index (χ0n) is 17.8. The van der Waals surface area contributed by atoms with Crippen LogP contribution in [0, 0.1) is 0 Å². The molecule has 7 nitrogen and oxygen atoms in total. The minimum absolute atomic E-state index is 0.160. The van der Waals surface area contributed by atoms with Crippen LogP contribution in [-0.4, -0.2) is 46.2 Å². The van der Waals surface area contributed by atoms with Crippen LogP contribution >= 0.6 is 0 Å². The summed E-state index contributed by atoms with van der Waals surface area (Å²) < 4.78 is 44.5. The molecule has 0 aliphatic carbocycles. The Hall–Kier alpha value is -3.69. The highest BCUT2D eigenvalue weighted by atomic mass is 19.4. The van der Waals surface area contributed by atoms with Crippen molar-refractivity contribution in [2.24, 2.45) is 0 Å². The first-order valence-corrected chi connectivity index (χ1v) is 10.4. The van der Waals surface area contributed by atoms with Gasteiger partial charge in [0.05, 0.1) is 12.8 Å². The van der Waals surface area contributed by atoms with E-state index in [1.807, 2.05) is 6.07 Å². The number of methoxy groups -OCH3 is 1. The van der Waals surface area contributed by atoms with Gasteiger partial charge < -0.3 is 15.4 Å². The average molecular weight is 457 g/mol. The molecule has 0 saturated carbocycles. The zero-order valence-corrected chi connectivity index (χ0v) is 17.8. The molecule has 1 aliphatic rings. The van der Waals surface area contributed by atoms with Crippen molar-refractivity contribution in [3.05, 3.63) is 65.6 Å². The molecule has 172 valence electrons. The van der Waals surface area contributed by atoms with Gasteiger partial charge in [0.15, 0.2) is 0 Å². The Bertz CT molecular complexity index is 1140. The SMILES string of the molecule is COc1cc(C(=O)N2CCC(c3ccc(N)nn3)CC2)ccc1-c1ccnc(C(F)(F)F)c1. The van der Waals surface area contributed by atoms with Gasteiger partial charge in [-0.2, -0.15) is 18.3 Å². The minimum atomic E-state index is -4.55. The molecule has 1 aliphatic heterocycles. The van der Waals surface area contributed by atoms with Gasteiger partial charge in [0, 0.05) is 36.3 Å². The van der Waals surface area contributed by atoms with E-state index in [1.165, 1.54) is 13.2 Å². The van der Waals surface area contributed by atoms with E-state index in [1.54, 1.807) is 29.2 Å². The fourth-order valence-corrected chi connectivity index (χ4v) is 3.95. The predicted molar refractivity (Wildman–Crippen MR) is 116 cm³/mol. The van der Waals surface area contributed by atoms with Crippen LogP contribution in [0.1, 0.15) is 40.5 Å². The van der Waals surface area contributed by atoms with Crippen molar-refractivity contribution in [3.8, 4) is 16.9 Å². The number of piperidine rings is 1. The first-order chi connectivity index (χ1) is 15.8. The highest BCUT2D eigenvalue weighted by Crippen LogP contribution is 2.35. The highest BCUT2D eigenvalue weighted by Gasteiger charge is 2.33. The third-order valence-electron chi connectivity index (χ3n) is 5.72. The van der Waals surface area contributed by atoms with E-state index in [-0.39, 0.29) is 11.8 Å². The monoisotopic (exact) mass is 457 g/mol. The first-order valence-electron chi connectivity index (χ1n) is 10.4. The highest BCUT2D eigenvalue weighted by molar-refractivity contribution is 5.95. The minimum Gasteiger partial charge on any atom is -0.496 e. The Morgan fingerprint density at radius 1 is 1.09 bits per heavy atom. The lowest BCUT2D eigenvalue weighted by Gasteiger charge is -2.31. The second-order valence-corrected chi connectivity index (χ2v) is 7.79. The van der Waals surface area contributed by atoms with Crippen molar-refractivity contribution in [2.45, 2.75) is 24.9 Å². The van der Waals surface area contributed by atoms with Crippen LogP contribution in [0.2, 0.25) is 0 Å². The number of halogens is 3. The number of amides is 1. The molecule has 0 bridgehead atoms.